The minimum Gasteiger partial charge on any atom is -0.493 e. The number of benzene rings is 2. The predicted molar refractivity (Wildman–Crippen MR) is 114 cm³/mol. The van der Waals surface area contributed by atoms with E-state index in [9.17, 15) is 8.42 Å². The summed E-state index contributed by atoms with van der Waals surface area (Å²) in [5.41, 5.74) is 1.86. The maximum atomic E-state index is 12.9. The van der Waals surface area contributed by atoms with Gasteiger partial charge < -0.3 is 9.47 Å². The summed E-state index contributed by atoms with van der Waals surface area (Å²) in [6.07, 6.45) is 2.18. The highest BCUT2D eigenvalue weighted by atomic mass is 32.2. The lowest BCUT2D eigenvalue weighted by Gasteiger charge is -2.24. The molecule has 1 heterocycles. The van der Waals surface area contributed by atoms with Crippen molar-refractivity contribution in [3.63, 3.8) is 0 Å². The zero-order valence-electron chi connectivity index (χ0n) is 17.3. The third kappa shape index (κ3) is 4.78. The van der Waals surface area contributed by atoms with E-state index in [0.717, 1.165) is 24.0 Å². The first kappa shape index (κ1) is 21.1. The smallest absolute Gasteiger partial charge is 0.218 e. The highest BCUT2D eigenvalue weighted by Gasteiger charge is 2.43. The molecule has 1 aliphatic heterocycles. The quantitative estimate of drug-likeness (QED) is 0.657. The van der Waals surface area contributed by atoms with Gasteiger partial charge in [0.05, 0.1) is 19.8 Å². The molecule has 0 amide bonds. The number of hydrogen-bond acceptors (Lipinski definition) is 6. The van der Waals surface area contributed by atoms with Crippen LogP contribution in [0, 0.1) is 5.92 Å². The Morgan fingerprint density at radius 1 is 1.13 bits per heavy atom. The normalized spacial score (nSPS) is 22.2. The fraction of sp³-hybridized carbons (Fsp3) is 0.455. The first-order valence-electron chi connectivity index (χ1n) is 10.2. The Morgan fingerprint density at radius 3 is 2.60 bits per heavy atom. The van der Waals surface area contributed by atoms with E-state index >= 15 is 0 Å². The lowest BCUT2D eigenvalue weighted by molar-refractivity contribution is -0.110. The summed E-state index contributed by atoms with van der Waals surface area (Å²) in [6, 6.07) is 15.0. The molecule has 4 rings (SSSR count). The van der Waals surface area contributed by atoms with Crippen LogP contribution in [-0.4, -0.2) is 46.0 Å². The Kier molecular flexibility index (Phi) is 6.29. The Balaban J connectivity index is 1.52. The average molecular weight is 433 g/mol. The summed E-state index contributed by atoms with van der Waals surface area (Å²) >= 11 is 0. The van der Waals surface area contributed by atoms with Gasteiger partial charge >= 0.3 is 0 Å². The van der Waals surface area contributed by atoms with Crippen molar-refractivity contribution in [1.82, 2.24) is 9.79 Å². The number of sulfonamides is 1. The molecule has 0 radical (unpaired) electrons. The number of hydroxylamine groups is 2. The van der Waals surface area contributed by atoms with Gasteiger partial charge in [-0.05, 0) is 42.0 Å². The molecule has 1 N–H and O–H groups in total. The molecule has 8 heteroatoms. The molecule has 30 heavy (non-hydrogen) atoms. The summed E-state index contributed by atoms with van der Waals surface area (Å²) in [5, 5.41) is 0.919. The SMILES string of the molecule is COc1cc(C2C(S(=O)(=O)NCC3CC3)CON2C)ccc1OCc1ccccc1. The van der Waals surface area contributed by atoms with Crippen molar-refractivity contribution in [1.29, 1.82) is 0 Å². The van der Waals surface area contributed by atoms with Crippen LogP contribution in [0.15, 0.2) is 48.5 Å². The Hall–Kier alpha value is -2.13. The van der Waals surface area contributed by atoms with Gasteiger partial charge in [-0.15, -0.1) is 0 Å². The number of nitrogens with one attached hydrogen (secondary N) is 1. The molecule has 2 aliphatic rings. The van der Waals surface area contributed by atoms with Gasteiger partial charge in [-0.2, -0.15) is 5.06 Å². The lowest BCUT2D eigenvalue weighted by Crippen LogP contribution is -2.40. The predicted octanol–water partition coefficient (Wildman–Crippen LogP) is 2.89. The van der Waals surface area contributed by atoms with Gasteiger partial charge in [0.1, 0.15) is 11.9 Å². The van der Waals surface area contributed by atoms with Crippen molar-refractivity contribution in [3.8, 4) is 11.5 Å². The second kappa shape index (κ2) is 8.93. The highest BCUT2D eigenvalue weighted by Crippen LogP contribution is 2.38. The van der Waals surface area contributed by atoms with Crippen molar-refractivity contribution in [2.75, 3.05) is 27.3 Å². The van der Waals surface area contributed by atoms with E-state index in [1.807, 2.05) is 48.5 Å². The van der Waals surface area contributed by atoms with Gasteiger partial charge in [0.25, 0.3) is 0 Å². The van der Waals surface area contributed by atoms with Gasteiger partial charge in [-0.1, -0.05) is 36.4 Å². The first-order valence-corrected chi connectivity index (χ1v) is 11.7. The zero-order valence-corrected chi connectivity index (χ0v) is 18.1. The summed E-state index contributed by atoms with van der Waals surface area (Å²) < 4.78 is 40.0. The second-order valence-electron chi connectivity index (χ2n) is 7.85. The van der Waals surface area contributed by atoms with E-state index in [4.69, 9.17) is 14.3 Å². The van der Waals surface area contributed by atoms with Crippen molar-refractivity contribution in [2.45, 2.75) is 30.7 Å². The van der Waals surface area contributed by atoms with Crippen molar-refractivity contribution < 1.29 is 22.7 Å². The lowest BCUT2D eigenvalue weighted by atomic mass is 10.0. The third-order valence-electron chi connectivity index (χ3n) is 5.62. The van der Waals surface area contributed by atoms with Gasteiger partial charge in [-0.25, -0.2) is 13.1 Å². The number of methoxy groups -OCH3 is 1. The van der Waals surface area contributed by atoms with E-state index in [2.05, 4.69) is 4.72 Å². The minimum absolute atomic E-state index is 0.121. The monoisotopic (exact) mass is 432 g/mol. The Bertz CT molecular complexity index is 963. The van der Waals surface area contributed by atoms with E-state index in [1.54, 1.807) is 19.2 Å². The molecule has 2 unspecified atom stereocenters. The van der Waals surface area contributed by atoms with E-state index in [0.29, 0.717) is 30.6 Å². The summed E-state index contributed by atoms with van der Waals surface area (Å²) in [7, 11) is -0.175. The van der Waals surface area contributed by atoms with Crippen LogP contribution in [0.3, 0.4) is 0 Å². The molecule has 0 spiro atoms. The van der Waals surface area contributed by atoms with Gasteiger partial charge in [0.15, 0.2) is 11.5 Å². The molecule has 2 aromatic rings. The summed E-state index contributed by atoms with van der Waals surface area (Å²) in [6.45, 7) is 1.05. The molecule has 162 valence electrons. The Morgan fingerprint density at radius 2 is 1.90 bits per heavy atom. The molecule has 2 fully saturated rings. The molecule has 2 aromatic carbocycles. The minimum atomic E-state index is -3.51. The van der Waals surface area contributed by atoms with Crippen LogP contribution < -0.4 is 14.2 Å². The van der Waals surface area contributed by atoms with Gasteiger partial charge in [0.2, 0.25) is 10.0 Å². The molecule has 0 bridgehead atoms. The van der Waals surface area contributed by atoms with Crippen molar-refractivity contribution >= 4 is 10.0 Å². The standard InChI is InChI=1S/C22H28N2O5S/c1-24-22(21(15-29-24)30(25,26)23-13-16-8-9-16)18-10-11-19(20(12-18)27-2)28-14-17-6-4-3-5-7-17/h3-7,10-12,16,21-23H,8-9,13-15H2,1-2H3. The first-order chi connectivity index (χ1) is 14.5. The molecule has 1 saturated carbocycles. The maximum Gasteiger partial charge on any atom is 0.218 e. The fourth-order valence-corrected chi connectivity index (χ4v) is 5.26. The summed E-state index contributed by atoms with van der Waals surface area (Å²) in [5.74, 6) is 1.64. The Labute approximate surface area is 177 Å². The van der Waals surface area contributed by atoms with Crippen molar-refractivity contribution in [3.05, 3.63) is 59.7 Å². The fourth-order valence-electron chi connectivity index (χ4n) is 3.67. The number of ether oxygens (including phenoxy) is 2. The van der Waals surface area contributed by atoms with E-state index in [1.165, 1.54) is 0 Å². The molecule has 1 aliphatic carbocycles. The topological polar surface area (TPSA) is 77.1 Å². The average Bonchev–Trinajstić information content (AvgIpc) is 3.51. The van der Waals surface area contributed by atoms with E-state index in [-0.39, 0.29) is 6.61 Å². The zero-order chi connectivity index (χ0) is 21.1. The number of rotatable bonds is 9. The van der Waals surface area contributed by atoms with Crippen LogP contribution in [0.5, 0.6) is 11.5 Å². The summed E-state index contributed by atoms with van der Waals surface area (Å²) in [4.78, 5) is 5.59. The highest BCUT2D eigenvalue weighted by molar-refractivity contribution is 7.90. The molecule has 1 saturated heterocycles. The molecule has 2 atom stereocenters. The molecular formula is C22H28N2O5S. The molecule has 0 aromatic heterocycles. The van der Waals surface area contributed by atoms with Gasteiger partial charge in [0, 0.05) is 13.6 Å². The molecule has 7 nitrogen and oxygen atoms in total. The third-order valence-corrected chi connectivity index (χ3v) is 7.38. The largest absolute Gasteiger partial charge is 0.493 e. The van der Waals surface area contributed by atoms with Crippen LogP contribution in [0.25, 0.3) is 0 Å². The van der Waals surface area contributed by atoms with E-state index < -0.39 is 21.3 Å². The van der Waals surface area contributed by atoms with Crippen LogP contribution in [0.1, 0.15) is 30.0 Å². The van der Waals surface area contributed by atoms with Gasteiger partial charge in [-0.3, -0.25) is 4.84 Å². The molecular weight excluding hydrogens is 404 g/mol. The van der Waals surface area contributed by atoms with Crippen LogP contribution in [-0.2, 0) is 21.5 Å². The van der Waals surface area contributed by atoms with Crippen LogP contribution in [0.4, 0.5) is 0 Å². The van der Waals surface area contributed by atoms with Crippen LogP contribution >= 0.6 is 0 Å². The second-order valence-corrected chi connectivity index (χ2v) is 9.83. The number of hydrogen-bond donors (Lipinski definition) is 1. The van der Waals surface area contributed by atoms with Crippen molar-refractivity contribution in [2.24, 2.45) is 5.92 Å². The maximum absolute atomic E-state index is 12.9. The van der Waals surface area contributed by atoms with Crippen LogP contribution in [0.2, 0.25) is 0 Å². The number of nitrogens with zero attached hydrogens (tertiary/aromatic N) is 1.